The molecule has 0 bridgehead atoms. The fraction of sp³-hybridized carbons (Fsp3) is 0.385. The summed E-state index contributed by atoms with van der Waals surface area (Å²) in [5.41, 5.74) is 1.05. The lowest BCUT2D eigenvalue weighted by molar-refractivity contribution is 0.313. The Bertz CT molecular complexity index is 321. The first-order valence-corrected chi connectivity index (χ1v) is 7.04. The number of unbranched alkanes of at least 4 members (excludes halogenated alkanes) is 1. The number of benzene rings is 1. The van der Waals surface area contributed by atoms with E-state index in [9.17, 15) is 4.57 Å². The van der Waals surface area contributed by atoms with Gasteiger partial charge in [-0.3, -0.25) is 4.57 Å². The molecule has 1 aromatic carbocycles. The van der Waals surface area contributed by atoms with Crippen LogP contribution < -0.4 is 0 Å². The zero-order valence-corrected chi connectivity index (χ0v) is 11.4. The van der Waals surface area contributed by atoms with Crippen molar-refractivity contribution in [2.75, 3.05) is 6.61 Å². The average Bonchev–Trinajstić information content (AvgIpc) is 2.36. The molecule has 0 heterocycles. The molecule has 1 unspecified atom stereocenters. The summed E-state index contributed by atoms with van der Waals surface area (Å²) in [6.07, 6.45) is 6.18. The molecule has 1 aromatic rings. The van der Waals surface area contributed by atoms with Gasteiger partial charge in [0.25, 0.3) is 0 Å². The van der Waals surface area contributed by atoms with Gasteiger partial charge in [0, 0.05) is 0 Å². The zero-order chi connectivity index (χ0) is 12.9. The summed E-state index contributed by atoms with van der Waals surface area (Å²) in [6.45, 7) is 4.53. The van der Waals surface area contributed by atoms with Gasteiger partial charge in [-0.25, -0.2) is 0 Å². The Balaban J connectivity index is 0.000000557. The van der Waals surface area contributed by atoms with Crippen LogP contribution in [0.3, 0.4) is 0 Å². The second-order valence-electron chi connectivity index (χ2n) is 3.39. The van der Waals surface area contributed by atoms with E-state index in [1.165, 1.54) is 12.8 Å². The van der Waals surface area contributed by atoms with Crippen molar-refractivity contribution in [1.82, 2.24) is 0 Å². The Morgan fingerprint density at radius 1 is 1.24 bits per heavy atom. The average molecular weight is 256 g/mol. The molecule has 1 rings (SSSR count). The maximum absolute atomic E-state index is 10.1. The molecule has 0 radical (unpaired) electrons. The molecule has 1 N–H and O–H groups in total. The van der Waals surface area contributed by atoms with Gasteiger partial charge in [0.2, 0.25) is 0 Å². The normalized spacial score (nSPS) is 11.9. The maximum atomic E-state index is 10.1. The lowest BCUT2D eigenvalue weighted by atomic mass is 10.2. The monoisotopic (exact) mass is 256 g/mol. The smallest absolute Gasteiger partial charge is 0.316 e. The van der Waals surface area contributed by atoms with Crippen molar-refractivity contribution in [3.63, 3.8) is 0 Å². The molecule has 0 amide bonds. The lowest BCUT2D eigenvalue weighted by Gasteiger charge is -1.93. The van der Waals surface area contributed by atoms with Crippen molar-refractivity contribution in [2.24, 2.45) is 0 Å². The van der Waals surface area contributed by atoms with E-state index in [0.29, 0.717) is 0 Å². The molecular weight excluding hydrogens is 235 g/mol. The first-order chi connectivity index (χ1) is 8.20. The highest BCUT2D eigenvalue weighted by molar-refractivity contribution is 7.32. The molecule has 0 saturated heterocycles. The van der Waals surface area contributed by atoms with Crippen LogP contribution in [0.5, 0.6) is 0 Å². The van der Waals surface area contributed by atoms with Crippen LogP contribution in [0.15, 0.2) is 36.4 Å². The minimum atomic E-state index is -2.79. The van der Waals surface area contributed by atoms with Crippen LogP contribution in [0.1, 0.15) is 32.3 Å². The van der Waals surface area contributed by atoms with Crippen molar-refractivity contribution < 1.29 is 14.0 Å². The Kier molecular flexibility index (Phi) is 11.0. The van der Waals surface area contributed by atoms with E-state index in [0.717, 1.165) is 5.56 Å². The highest BCUT2D eigenvalue weighted by Crippen LogP contribution is 2.13. The first-order valence-electron chi connectivity index (χ1n) is 5.78. The van der Waals surface area contributed by atoms with Gasteiger partial charge in [-0.1, -0.05) is 69.2 Å². The Labute approximate surface area is 104 Å². The highest BCUT2D eigenvalue weighted by Gasteiger charge is 1.87. The fourth-order valence-corrected chi connectivity index (χ4v) is 1.11. The fourth-order valence-electron chi connectivity index (χ4n) is 0.868. The van der Waals surface area contributed by atoms with Gasteiger partial charge in [0.15, 0.2) is 0 Å². The minimum absolute atomic E-state index is 0.170. The van der Waals surface area contributed by atoms with Crippen LogP contribution in [-0.2, 0) is 9.09 Å². The molecular formula is C13H21O3P. The molecule has 0 aliphatic carbocycles. The summed E-state index contributed by atoms with van der Waals surface area (Å²) in [7, 11) is -2.79. The van der Waals surface area contributed by atoms with Crippen LogP contribution in [0.25, 0.3) is 6.08 Å². The third-order valence-corrected chi connectivity index (χ3v) is 2.33. The van der Waals surface area contributed by atoms with Crippen molar-refractivity contribution in [2.45, 2.75) is 26.7 Å². The van der Waals surface area contributed by atoms with E-state index >= 15 is 0 Å². The van der Waals surface area contributed by atoms with E-state index in [2.05, 4.69) is 18.4 Å². The van der Waals surface area contributed by atoms with Crippen LogP contribution in [-0.4, -0.2) is 11.5 Å². The largest absolute Gasteiger partial charge is 0.326 e. The molecule has 96 valence electrons. The predicted molar refractivity (Wildman–Crippen MR) is 73.2 cm³/mol. The van der Waals surface area contributed by atoms with E-state index in [1.54, 1.807) is 6.08 Å². The molecule has 0 aromatic heterocycles. The standard InChI is InChI=1S/C9H11O3P.C4H10/c10-13(11)12-8-4-7-9-5-2-1-3-6-9;1-3-4-2/h1-7,13H,8H2,(H,10,11);3-4H2,1-2H3/b7-4+;. The van der Waals surface area contributed by atoms with Gasteiger partial charge < -0.3 is 9.42 Å². The summed E-state index contributed by atoms with van der Waals surface area (Å²) >= 11 is 0. The molecule has 17 heavy (non-hydrogen) atoms. The number of hydrogen-bond acceptors (Lipinski definition) is 2. The molecule has 0 aliphatic rings. The van der Waals surface area contributed by atoms with Crippen molar-refractivity contribution in [3.05, 3.63) is 42.0 Å². The Morgan fingerprint density at radius 2 is 1.82 bits per heavy atom. The molecule has 0 fully saturated rings. The van der Waals surface area contributed by atoms with E-state index in [-0.39, 0.29) is 6.61 Å². The van der Waals surface area contributed by atoms with E-state index in [4.69, 9.17) is 4.89 Å². The molecule has 1 atom stereocenters. The van der Waals surface area contributed by atoms with Gasteiger partial charge in [-0.15, -0.1) is 0 Å². The van der Waals surface area contributed by atoms with Crippen molar-refractivity contribution >= 4 is 14.3 Å². The topological polar surface area (TPSA) is 46.5 Å². The maximum Gasteiger partial charge on any atom is 0.316 e. The summed E-state index contributed by atoms with van der Waals surface area (Å²) in [6, 6.07) is 9.67. The van der Waals surface area contributed by atoms with E-state index < -0.39 is 8.25 Å². The van der Waals surface area contributed by atoms with Crippen LogP contribution in [0, 0.1) is 0 Å². The van der Waals surface area contributed by atoms with Gasteiger partial charge in [-0.05, 0) is 5.56 Å². The molecule has 3 nitrogen and oxygen atoms in total. The van der Waals surface area contributed by atoms with Crippen LogP contribution in [0.2, 0.25) is 0 Å². The predicted octanol–water partition coefficient (Wildman–Crippen LogP) is 3.90. The Hall–Kier alpha value is -0.890. The summed E-state index contributed by atoms with van der Waals surface area (Å²) < 4.78 is 14.6. The summed E-state index contributed by atoms with van der Waals surface area (Å²) in [5.74, 6) is 0. The molecule has 0 aliphatic heterocycles. The third kappa shape index (κ3) is 11.4. The SMILES string of the molecule is CCCC.O=[PH](O)OC/C=C/c1ccccc1. The first kappa shape index (κ1) is 16.1. The zero-order valence-electron chi connectivity index (χ0n) is 10.4. The second-order valence-corrected chi connectivity index (χ2v) is 4.21. The van der Waals surface area contributed by atoms with Crippen molar-refractivity contribution in [1.29, 1.82) is 0 Å². The van der Waals surface area contributed by atoms with Crippen LogP contribution in [0.4, 0.5) is 0 Å². The second kappa shape index (κ2) is 11.6. The van der Waals surface area contributed by atoms with Crippen LogP contribution >= 0.6 is 8.25 Å². The van der Waals surface area contributed by atoms with Gasteiger partial charge in [0.1, 0.15) is 0 Å². The van der Waals surface area contributed by atoms with E-state index in [1.807, 2.05) is 36.4 Å². The quantitative estimate of drug-likeness (QED) is 0.812. The highest BCUT2D eigenvalue weighted by atomic mass is 31.1. The molecule has 0 saturated carbocycles. The molecule has 4 heteroatoms. The number of rotatable bonds is 5. The van der Waals surface area contributed by atoms with Crippen molar-refractivity contribution in [3.8, 4) is 0 Å². The number of hydrogen-bond donors (Lipinski definition) is 1. The lowest BCUT2D eigenvalue weighted by Crippen LogP contribution is -1.78. The summed E-state index contributed by atoms with van der Waals surface area (Å²) in [4.78, 5) is 8.34. The summed E-state index contributed by atoms with van der Waals surface area (Å²) in [5, 5.41) is 0. The van der Waals surface area contributed by atoms with Gasteiger partial charge in [0.05, 0.1) is 6.61 Å². The third-order valence-electron chi connectivity index (χ3n) is 1.91. The van der Waals surface area contributed by atoms with Gasteiger partial charge in [-0.2, -0.15) is 0 Å². The molecule has 0 spiro atoms. The minimum Gasteiger partial charge on any atom is -0.326 e. The Morgan fingerprint density at radius 3 is 2.29 bits per heavy atom. The van der Waals surface area contributed by atoms with Gasteiger partial charge >= 0.3 is 8.25 Å².